The number of hydrogen-bond donors (Lipinski definition) is 1. The van der Waals surface area contributed by atoms with Crippen LogP contribution < -0.4 is 0 Å². The zero-order valence-corrected chi connectivity index (χ0v) is 13.2. The van der Waals surface area contributed by atoms with Crippen LogP contribution in [0.4, 0.5) is 4.79 Å². The van der Waals surface area contributed by atoms with Crippen LogP contribution in [0.25, 0.3) is 0 Å². The molecule has 1 unspecified atom stereocenters. The monoisotopic (exact) mass is 296 g/mol. The van der Waals surface area contributed by atoms with Gasteiger partial charge in [-0.05, 0) is 33.6 Å². The summed E-state index contributed by atoms with van der Waals surface area (Å²) in [5, 5.41) is 12.6. The van der Waals surface area contributed by atoms with E-state index < -0.39 is 5.60 Å². The van der Waals surface area contributed by atoms with E-state index in [4.69, 9.17) is 4.74 Å². The third-order valence-electron chi connectivity index (χ3n) is 4.43. The normalized spacial score (nSPS) is 27.4. The second kappa shape index (κ2) is 5.31. The highest BCUT2D eigenvalue weighted by Gasteiger charge is 2.51. The Hall–Kier alpha value is -1.59. The first-order chi connectivity index (χ1) is 9.68. The van der Waals surface area contributed by atoms with E-state index in [2.05, 4.69) is 5.16 Å². The number of piperidine rings is 1. The lowest BCUT2D eigenvalue weighted by atomic mass is 9.75. The molecule has 1 spiro atoms. The maximum atomic E-state index is 12.1. The number of ether oxygens (including phenoxy) is 1. The lowest BCUT2D eigenvalue weighted by Gasteiger charge is -2.39. The maximum Gasteiger partial charge on any atom is 0.410 e. The predicted octanol–water partition coefficient (Wildman–Crippen LogP) is 2.44. The average Bonchev–Trinajstić information content (AvgIpc) is 2.59. The Kier molecular flexibility index (Phi) is 4.00. The van der Waals surface area contributed by atoms with Gasteiger partial charge in [0.25, 0.3) is 0 Å². The number of amides is 1. The molecule has 0 aromatic rings. The largest absolute Gasteiger partial charge is 0.444 e. The molecule has 0 bridgehead atoms. The Morgan fingerprint density at radius 1 is 1.38 bits per heavy atom. The fourth-order valence-corrected chi connectivity index (χ4v) is 3.26. The lowest BCUT2D eigenvalue weighted by molar-refractivity contribution is -0.120. The Bertz CT molecular complexity index is 471. The van der Waals surface area contributed by atoms with Gasteiger partial charge in [-0.1, -0.05) is 12.1 Å². The second-order valence-corrected chi connectivity index (χ2v) is 7.10. The van der Waals surface area contributed by atoms with Gasteiger partial charge in [-0.3, -0.25) is 4.79 Å². The summed E-state index contributed by atoms with van der Waals surface area (Å²) in [4.78, 5) is 25.6. The number of carbonyl (C=O) groups excluding carboxylic acids is 2. The zero-order valence-electron chi connectivity index (χ0n) is 13.2. The van der Waals surface area contributed by atoms with Gasteiger partial charge in [0.05, 0.1) is 11.6 Å². The van der Waals surface area contributed by atoms with Crippen molar-refractivity contribution in [3.63, 3.8) is 0 Å². The minimum Gasteiger partial charge on any atom is -0.444 e. The van der Waals surface area contributed by atoms with Crippen LogP contribution in [-0.2, 0) is 9.53 Å². The molecule has 1 aliphatic heterocycles. The van der Waals surface area contributed by atoms with Crippen LogP contribution >= 0.6 is 0 Å². The fourth-order valence-electron chi connectivity index (χ4n) is 3.26. The topological polar surface area (TPSA) is 79.2 Å². The van der Waals surface area contributed by atoms with Gasteiger partial charge in [0.15, 0.2) is 0 Å². The molecule has 1 N–H and O–H groups in total. The quantitative estimate of drug-likeness (QED) is 0.550. The van der Waals surface area contributed by atoms with Crippen molar-refractivity contribution in [2.75, 3.05) is 13.1 Å². The summed E-state index contributed by atoms with van der Waals surface area (Å²) >= 11 is 0. The van der Waals surface area contributed by atoms with Gasteiger partial charge < -0.3 is 14.8 Å². The molecule has 1 atom stereocenters. The van der Waals surface area contributed by atoms with E-state index in [1.807, 2.05) is 20.8 Å². The smallest absolute Gasteiger partial charge is 0.410 e. The van der Waals surface area contributed by atoms with Crippen molar-refractivity contribution in [2.24, 2.45) is 16.5 Å². The van der Waals surface area contributed by atoms with Crippen molar-refractivity contribution in [3.05, 3.63) is 0 Å². The second-order valence-electron chi connectivity index (χ2n) is 7.10. The first kappa shape index (κ1) is 15.8. The van der Waals surface area contributed by atoms with Crippen LogP contribution in [-0.4, -0.2) is 46.4 Å². The van der Waals surface area contributed by atoms with Gasteiger partial charge in [0, 0.05) is 24.9 Å². The summed E-state index contributed by atoms with van der Waals surface area (Å²) in [7, 11) is 0. The summed E-state index contributed by atoms with van der Waals surface area (Å²) in [6.07, 6.45) is 1.37. The van der Waals surface area contributed by atoms with Gasteiger partial charge >= 0.3 is 6.09 Å². The van der Waals surface area contributed by atoms with Gasteiger partial charge in [-0.25, -0.2) is 4.79 Å². The molecule has 6 heteroatoms. The van der Waals surface area contributed by atoms with Crippen LogP contribution in [0.15, 0.2) is 5.16 Å². The molecule has 2 fully saturated rings. The van der Waals surface area contributed by atoms with Crippen molar-refractivity contribution >= 4 is 17.6 Å². The molecule has 1 aliphatic carbocycles. The number of likely N-dealkylation sites (tertiary alicyclic amines) is 1. The molecule has 6 nitrogen and oxygen atoms in total. The van der Waals surface area contributed by atoms with E-state index in [9.17, 15) is 14.8 Å². The SMILES string of the molecule is CC1C(=O)CC2(CCN(C(=O)OC(C)(C)C)CC2)C1=NO. The number of ketones is 1. The lowest BCUT2D eigenvalue weighted by Crippen LogP contribution is -2.47. The summed E-state index contributed by atoms with van der Waals surface area (Å²) in [6, 6.07) is 0. The minimum absolute atomic E-state index is 0.119. The van der Waals surface area contributed by atoms with Crippen molar-refractivity contribution < 1.29 is 19.5 Å². The molecular weight excluding hydrogens is 272 g/mol. The van der Waals surface area contributed by atoms with Crippen molar-refractivity contribution in [3.8, 4) is 0 Å². The van der Waals surface area contributed by atoms with E-state index in [-0.39, 0.29) is 23.2 Å². The number of rotatable bonds is 0. The molecular formula is C15H24N2O4. The van der Waals surface area contributed by atoms with E-state index in [0.29, 0.717) is 38.1 Å². The Balaban J connectivity index is 2.03. The Morgan fingerprint density at radius 3 is 2.43 bits per heavy atom. The standard InChI is InChI=1S/C15H24N2O4/c1-10-11(18)9-15(12(10)16-20)5-7-17(8-6-15)13(19)21-14(2,3)4/h10,20H,5-9H2,1-4H3. The van der Waals surface area contributed by atoms with Crippen LogP contribution in [0, 0.1) is 11.3 Å². The Labute approximate surface area is 125 Å². The minimum atomic E-state index is -0.512. The molecule has 118 valence electrons. The molecule has 2 aliphatic rings. The highest BCUT2D eigenvalue weighted by Crippen LogP contribution is 2.45. The average molecular weight is 296 g/mol. The number of hydrogen-bond acceptors (Lipinski definition) is 5. The molecule has 0 aromatic heterocycles. The Morgan fingerprint density at radius 2 is 1.95 bits per heavy atom. The van der Waals surface area contributed by atoms with Crippen LogP contribution in [0.3, 0.4) is 0 Å². The summed E-state index contributed by atoms with van der Waals surface area (Å²) in [6.45, 7) is 8.34. The molecule has 21 heavy (non-hydrogen) atoms. The highest BCUT2D eigenvalue weighted by molar-refractivity contribution is 6.14. The predicted molar refractivity (Wildman–Crippen MR) is 77.5 cm³/mol. The summed E-state index contributed by atoms with van der Waals surface area (Å²) < 4.78 is 5.36. The molecule has 1 heterocycles. The molecule has 0 radical (unpaired) electrons. The van der Waals surface area contributed by atoms with E-state index >= 15 is 0 Å². The van der Waals surface area contributed by atoms with Crippen molar-refractivity contribution in [2.45, 2.75) is 52.6 Å². The summed E-state index contributed by atoms with van der Waals surface area (Å²) in [5.41, 5.74) is -0.303. The van der Waals surface area contributed by atoms with Crippen LogP contribution in [0.1, 0.15) is 47.0 Å². The molecule has 2 rings (SSSR count). The molecule has 1 amide bonds. The molecule has 1 saturated heterocycles. The number of carbonyl (C=O) groups is 2. The van der Waals surface area contributed by atoms with Crippen LogP contribution in [0.5, 0.6) is 0 Å². The first-order valence-corrected chi connectivity index (χ1v) is 7.42. The maximum absolute atomic E-state index is 12.1. The van der Waals surface area contributed by atoms with Crippen molar-refractivity contribution in [1.29, 1.82) is 0 Å². The first-order valence-electron chi connectivity index (χ1n) is 7.42. The third-order valence-corrected chi connectivity index (χ3v) is 4.43. The van der Waals surface area contributed by atoms with E-state index in [1.54, 1.807) is 11.8 Å². The van der Waals surface area contributed by atoms with Crippen molar-refractivity contribution in [1.82, 2.24) is 4.90 Å². The van der Waals surface area contributed by atoms with Gasteiger partial charge in [-0.15, -0.1) is 0 Å². The van der Waals surface area contributed by atoms with Crippen LogP contribution in [0.2, 0.25) is 0 Å². The molecule has 0 aromatic carbocycles. The molecule has 1 saturated carbocycles. The van der Waals surface area contributed by atoms with Gasteiger partial charge in [0.2, 0.25) is 0 Å². The van der Waals surface area contributed by atoms with E-state index in [1.165, 1.54) is 0 Å². The number of oxime groups is 1. The number of Topliss-reactive ketones (excluding diaryl/α,β-unsaturated/α-hetero) is 1. The number of nitrogens with zero attached hydrogens (tertiary/aromatic N) is 2. The third kappa shape index (κ3) is 3.04. The zero-order chi connectivity index (χ0) is 15.8. The summed E-state index contributed by atoms with van der Waals surface area (Å²) in [5.74, 6) is -0.198. The fraction of sp³-hybridized carbons (Fsp3) is 0.800. The highest BCUT2D eigenvalue weighted by atomic mass is 16.6. The van der Waals surface area contributed by atoms with Gasteiger partial charge in [-0.2, -0.15) is 0 Å². The van der Waals surface area contributed by atoms with E-state index in [0.717, 1.165) is 0 Å². The van der Waals surface area contributed by atoms with Gasteiger partial charge in [0.1, 0.15) is 11.4 Å².